The molecule has 100 valence electrons. The van der Waals surface area contributed by atoms with Crippen LogP contribution in [0.5, 0.6) is 0 Å². The predicted octanol–water partition coefficient (Wildman–Crippen LogP) is 0.690. The molecule has 1 rings (SSSR count). The second-order valence-electron chi connectivity index (χ2n) is 5.82. The van der Waals surface area contributed by atoms with Crippen LogP contribution < -0.4 is 10.6 Å². The van der Waals surface area contributed by atoms with Crippen LogP contribution in [0.15, 0.2) is 0 Å². The molecule has 4 nitrogen and oxygen atoms in total. The number of piperidine rings is 1. The van der Waals surface area contributed by atoms with Crippen molar-refractivity contribution in [1.29, 1.82) is 0 Å². The Morgan fingerprint density at radius 1 is 1.47 bits per heavy atom. The molecule has 0 bridgehead atoms. The van der Waals surface area contributed by atoms with Gasteiger partial charge in [0.05, 0.1) is 0 Å². The lowest BCUT2D eigenvalue weighted by Crippen LogP contribution is -2.48. The Morgan fingerprint density at radius 2 is 2.18 bits per heavy atom. The summed E-state index contributed by atoms with van der Waals surface area (Å²) in [5, 5.41) is 6.43. The lowest BCUT2D eigenvalue weighted by molar-refractivity contribution is -0.132. The smallest absolute Gasteiger partial charge is 0.226 e. The third-order valence-corrected chi connectivity index (χ3v) is 3.75. The van der Waals surface area contributed by atoms with Crippen LogP contribution in [0, 0.1) is 11.3 Å². The number of rotatable bonds is 5. The maximum atomic E-state index is 12.2. The van der Waals surface area contributed by atoms with Gasteiger partial charge in [0.1, 0.15) is 0 Å². The molecule has 0 radical (unpaired) electrons. The van der Waals surface area contributed by atoms with Crippen molar-refractivity contribution in [2.24, 2.45) is 11.3 Å². The van der Waals surface area contributed by atoms with Crippen molar-refractivity contribution in [3.8, 4) is 0 Å². The Balaban J connectivity index is 2.41. The van der Waals surface area contributed by atoms with Gasteiger partial charge in [-0.2, -0.15) is 0 Å². The molecule has 1 heterocycles. The van der Waals surface area contributed by atoms with Crippen molar-refractivity contribution in [2.75, 3.05) is 40.3 Å². The maximum Gasteiger partial charge on any atom is 0.226 e. The van der Waals surface area contributed by atoms with Gasteiger partial charge in [-0.25, -0.2) is 0 Å². The quantitative estimate of drug-likeness (QED) is 0.744. The van der Waals surface area contributed by atoms with Gasteiger partial charge in [-0.05, 0) is 45.9 Å². The van der Waals surface area contributed by atoms with Crippen LogP contribution in [-0.4, -0.2) is 51.1 Å². The molecule has 1 saturated heterocycles. The van der Waals surface area contributed by atoms with Gasteiger partial charge < -0.3 is 15.5 Å². The number of nitrogens with one attached hydrogen (secondary N) is 2. The first kappa shape index (κ1) is 14.5. The summed E-state index contributed by atoms with van der Waals surface area (Å²) in [5.41, 5.74) is -0.264. The first-order valence-electron chi connectivity index (χ1n) is 6.58. The minimum atomic E-state index is -0.264. The lowest BCUT2D eigenvalue weighted by Gasteiger charge is -2.36. The molecule has 1 unspecified atom stereocenters. The molecule has 4 heteroatoms. The summed E-state index contributed by atoms with van der Waals surface area (Å²) >= 11 is 0. The molecule has 1 fully saturated rings. The van der Waals surface area contributed by atoms with Gasteiger partial charge in [0, 0.05) is 18.5 Å². The zero-order valence-electron chi connectivity index (χ0n) is 11.7. The first-order valence-corrected chi connectivity index (χ1v) is 6.58. The summed E-state index contributed by atoms with van der Waals surface area (Å²) in [7, 11) is 4.03. The van der Waals surface area contributed by atoms with Crippen LogP contribution in [0.2, 0.25) is 0 Å². The van der Waals surface area contributed by atoms with E-state index >= 15 is 0 Å². The molecule has 1 aliphatic rings. The largest absolute Gasteiger partial charge is 0.354 e. The SMILES string of the molecule is CN(C)CCNC(=O)C(C)(C)C1CCCNC1. The Kier molecular flexibility index (Phi) is 5.40. The fraction of sp³-hybridized carbons (Fsp3) is 0.923. The standard InChI is InChI=1S/C13H27N3O/c1-13(2,11-6-5-7-14-10-11)12(17)15-8-9-16(3)4/h11,14H,5-10H2,1-4H3,(H,15,17). The molecular formula is C13H27N3O. The van der Waals surface area contributed by atoms with E-state index in [2.05, 4.69) is 29.4 Å². The number of hydrogen-bond donors (Lipinski definition) is 2. The van der Waals surface area contributed by atoms with Gasteiger partial charge in [0.25, 0.3) is 0 Å². The van der Waals surface area contributed by atoms with Gasteiger partial charge in [0.15, 0.2) is 0 Å². The van der Waals surface area contributed by atoms with E-state index in [4.69, 9.17) is 0 Å². The summed E-state index contributed by atoms with van der Waals surface area (Å²) in [6.07, 6.45) is 2.33. The summed E-state index contributed by atoms with van der Waals surface area (Å²) in [6.45, 7) is 7.81. The van der Waals surface area contributed by atoms with Crippen LogP contribution in [-0.2, 0) is 4.79 Å². The summed E-state index contributed by atoms with van der Waals surface area (Å²) < 4.78 is 0. The molecule has 1 atom stereocenters. The van der Waals surface area contributed by atoms with E-state index in [9.17, 15) is 4.79 Å². The lowest BCUT2D eigenvalue weighted by atomic mass is 9.74. The molecule has 0 aromatic rings. The van der Waals surface area contributed by atoms with Gasteiger partial charge in [-0.15, -0.1) is 0 Å². The average Bonchev–Trinajstić information content (AvgIpc) is 2.29. The second kappa shape index (κ2) is 6.36. The Labute approximate surface area is 105 Å². The molecule has 2 N–H and O–H groups in total. The van der Waals surface area contributed by atoms with Crippen molar-refractivity contribution < 1.29 is 4.79 Å². The Hall–Kier alpha value is -0.610. The third-order valence-electron chi connectivity index (χ3n) is 3.75. The number of likely N-dealkylation sites (N-methyl/N-ethyl adjacent to an activating group) is 1. The molecule has 1 aliphatic heterocycles. The van der Waals surface area contributed by atoms with Crippen LogP contribution in [0.25, 0.3) is 0 Å². The highest BCUT2D eigenvalue weighted by atomic mass is 16.2. The number of carbonyl (C=O) groups excluding carboxylic acids is 1. The van der Waals surface area contributed by atoms with Crippen LogP contribution >= 0.6 is 0 Å². The van der Waals surface area contributed by atoms with E-state index in [-0.39, 0.29) is 11.3 Å². The van der Waals surface area contributed by atoms with E-state index in [1.807, 2.05) is 14.1 Å². The number of nitrogens with zero attached hydrogens (tertiary/aromatic N) is 1. The van der Waals surface area contributed by atoms with E-state index in [1.165, 1.54) is 6.42 Å². The minimum absolute atomic E-state index is 0.188. The molecular weight excluding hydrogens is 214 g/mol. The molecule has 0 aromatic carbocycles. The fourth-order valence-corrected chi connectivity index (χ4v) is 2.27. The molecule has 1 amide bonds. The van der Waals surface area contributed by atoms with E-state index in [1.54, 1.807) is 0 Å². The molecule has 0 aliphatic carbocycles. The van der Waals surface area contributed by atoms with E-state index in [0.29, 0.717) is 5.92 Å². The third kappa shape index (κ3) is 4.28. The first-order chi connectivity index (χ1) is 7.94. The highest BCUT2D eigenvalue weighted by molar-refractivity contribution is 5.82. The van der Waals surface area contributed by atoms with Crippen LogP contribution in [0.1, 0.15) is 26.7 Å². The Morgan fingerprint density at radius 3 is 2.71 bits per heavy atom. The van der Waals surface area contributed by atoms with E-state index in [0.717, 1.165) is 32.6 Å². The highest BCUT2D eigenvalue weighted by Crippen LogP contribution is 2.31. The van der Waals surface area contributed by atoms with Gasteiger partial charge in [0.2, 0.25) is 5.91 Å². The molecule has 0 saturated carbocycles. The van der Waals surface area contributed by atoms with Gasteiger partial charge >= 0.3 is 0 Å². The topological polar surface area (TPSA) is 44.4 Å². The Bertz CT molecular complexity index is 245. The van der Waals surface area contributed by atoms with Crippen LogP contribution in [0.3, 0.4) is 0 Å². The summed E-state index contributed by atoms with van der Waals surface area (Å²) in [6, 6.07) is 0. The zero-order valence-corrected chi connectivity index (χ0v) is 11.7. The molecule has 0 aromatic heterocycles. The minimum Gasteiger partial charge on any atom is -0.354 e. The predicted molar refractivity (Wildman–Crippen MR) is 70.9 cm³/mol. The zero-order chi connectivity index (χ0) is 12.9. The van der Waals surface area contributed by atoms with Crippen LogP contribution in [0.4, 0.5) is 0 Å². The number of hydrogen-bond acceptors (Lipinski definition) is 3. The fourth-order valence-electron chi connectivity index (χ4n) is 2.27. The number of carbonyl (C=O) groups is 1. The van der Waals surface area contributed by atoms with Gasteiger partial charge in [-0.3, -0.25) is 4.79 Å². The van der Waals surface area contributed by atoms with Crippen molar-refractivity contribution >= 4 is 5.91 Å². The average molecular weight is 241 g/mol. The molecule has 17 heavy (non-hydrogen) atoms. The normalized spacial score (nSPS) is 21.6. The maximum absolute atomic E-state index is 12.2. The van der Waals surface area contributed by atoms with Crippen molar-refractivity contribution in [3.63, 3.8) is 0 Å². The van der Waals surface area contributed by atoms with Gasteiger partial charge in [-0.1, -0.05) is 13.8 Å². The van der Waals surface area contributed by atoms with E-state index < -0.39 is 0 Å². The van der Waals surface area contributed by atoms with Crippen molar-refractivity contribution in [2.45, 2.75) is 26.7 Å². The second-order valence-corrected chi connectivity index (χ2v) is 5.82. The highest BCUT2D eigenvalue weighted by Gasteiger charge is 2.36. The summed E-state index contributed by atoms with van der Waals surface area (Å²) in [4.78, 5) is 14.3. The van der Waals surface area contributed by atoms with Crippen molar-refractivity contribution in [3.05, 3.63) is 0 Å². The summed E-state index contributed by atoms with van der Waals surface area (Å²) in [5.74, 6) is 0.642. The monoisotopic (exact) mass is 241 g/mol. The van der Waals surface area contributed by atoms with Crippen molar-refractivity contribution in [1.82, 2.24) is 15.5 Å². The molecule has 0 spiro atoms. The number of amides is 1.